The quantitative estimate of drug-likeness (QED) is 0.460. The number of hydrogen-bond acceptors (Lipinski definition) is 4. The molecule has 2 heterocycles. The summed E-state index contributed by atoms with van der Waals surface area (Å²) in [5.74, 6) is 0.192. The molecule has 0 radical (unpaired) electrons. The molecule has 182 valence electrons. The van der Waals surface area contributed by atoms with E-state index in [0.29, 0.717) is 24.0 Å². The van der Waals surface area contributed by atoms with Gasteiger partial charge in [-0.25, -0.2) is 8.42 Å². The maximum atomic E-state index is 13.7. The molecule has 1 aromatic heterocycles. The number of fused-ring (bicyclic) bond motifs is 1. The number of primary amides is 1. The molecule has 1 aliphatic rings. The fourth-order valence-corrected chi connectivity index (χ4v) is 6.75. The molecule has 0 bridgehead atoms. The molecule has 1 unspecified atom stereocenters. The molecule has 9 heteroatoms. The van der Waals surface area contributed by atoms with Crippen LogP contribution in [-0.4, -0.2) is 42.3 Å². The lowest BCUT2D eigenvalue weighted by molar-refractivity contribution is 0.0993. The van der Waals surface area contributed by atoms with E-state index in [1.165, 1.54) is 4.31 Å². The summed E-state index contributed by atoms with van der Waals surface area (Å²) in [6.07, 6.45) is 2.46. The van der Waals surface area contributed by atoms with E-state index in [4.69, 9.17) is 10.5 Å². The van der Waals surface area contributed by atoms with Crippen molar-refractivity contribution in [3.63, 3.8) is 0 Å². The van der Waals surface area contributed by atoms with Crippen molar-refractivity contribution in [3.8, 4) is 5.75 Å². The van der Waals surface area contributed by atoms with Gasteiger partial charge in [0.1, 0.15) is 21.9 Å². The maximum Gasteiger partial charge on any atom is 0.266 e. The Bertz CT molecular complexity index is 1310. The monoisotopic (exact) mass is 547 g/mol. The second-order valence-corrected chi connectivity index (χ2v) is 12.6. The van der Waals surface area contributed by atoms with E-state index in [2.05, 4.69) is 20.9 Å². The zero-order valence-corrected chi connectivity index (χ0v) is 22.0. The number of halogens is 1. The minimum atomic E-state index is -3.93. The molecule has 1 amide bonds. The van der Waals surface area contributed by atoms with Crippen molar-refractivity contribution in [2.45, 2.75) is 50.5 Å². The number of aromatic amines is 1. The van der Waals surface area contributed by atoms with Crippen molar-refractivity contribution in [3.05, 3.63) is 58.2 Å². The number of H-pyrrole nitrogens is 1. The second kappa shape index (κ2) is 9.36. The van der Waals surface area contributed by atoms with Gasteiger partial charge in [-0.1, -0.05) is 28.1 Å². The molecule has 7 nitrogen and oxygen atoms in total. The molecule has 1 aliphatic heterocycles. The van der Waals surface area contributed by atoms with Gasteiger partial charge < -0.3 is 15.5 Å². The topological polar surface area (TPSA) is 105 Å². The molecule has 1 atom stereocenters. The van der Waals surface area contributed by atoms with Gasteiger partial charge in [0.25, 0.3) is 5.91 Å². The van der Waals surface area contributed by atoms with E-state index >= 15 is 0 Å². The predicted molar refractivity (Wildman–Crippen MR) is 137 cm³/mol. The van der Waals surface area contributed by atoms with Crippen molar-refractivity contribution in [1.29, 1.82) is 0 Å². The minimum Gasteiger partial charge on any atom is -0.488 e. The van der Waals surface area contributed by atoms with Crippen molar-refractivity contribution in [1.82, 2.24) is 9.29 Å². The van der Waals surface area contributed by atoms with E-state index < -0.39 is 15.9 Å². The number of ether oxygens (including phenoxy) is 1. The Balaban J connectivity index is 1.57. The van der Waals surface area contributed by atoms with Crippen molar-refractivity contribution in [2.24, 2.45) is 11.7 Å². The lowest BCUT2D eigenvalue weighted by atomic mass is 9.92. The molecule has 34 heavy (non-hydrogen) atoms. The fraction of sp³-hybridized carbons (Fsp3) is 0.400. The van der Waals surface area contributed by atoms with Crippen LogP contribution in [0.25, 0.3) is 10.9 Å². The largest absolute Gasteiger partial charge is 0.488 e. The number of nitrogens with two attached hydrogens (primary N) is 1. The van der Waals surface area contributed by atoms with Gasteiger partial charge in [-0.05, 0) is 81.8 Å². The fourth-order valence-electron chi connectivity index (χ4n) is 4.50. The summed E-state index contributed by atoms with van der Waals surface area (Å²) in [5.41, 5.74) is 6.90. The van der Waals surface area contributed by atoms with E-state index in [1.807, 2.05) is 45.0 Å². The first kappa shape index (κ1) is 24.8. The Hall–Kier alpha value is -2.36. The maximum absolute atomic E-state index is 13.7. The number of amides is 1. The summed E-state index contributed by atoms with van der Waals surface area (Å²) < 4.78 is 35.6. The first-order valence-corrected chi connectivity index (χ1v) is 13.6. The van der Waals surface area contributed by atoms with Gasteiger partial charge >= 0.3 is 0 Å². The number of benzene rings is 2. The minimum absolute atomic E-state index is 0.0411. The molecule has 2 aromatic carbocycles. The first-order chi connectivity index (χ1) is 15.9. The number of nitrogens with zero attached hydrogens (tertiary/aromatic N) is 1. The average molecular weight is 549 g/mol. The van der Waals surface area contributed by atoms with Crippen LogP contribution in [-0.2, 0) is 16.4 Å². The molecule has 4 rings (SSSR count). The number of nitrogens with one attached hydrogen (secondary N) is 1. The van der Waals surface area contributed by atoms with Gasteiger partial charge in [0.15, 0.2) is 0 Å². The Morgan fingerprint density at radius 1 is 1.21 bits per heavy atom. The van der Waals surface area contributed by atoms with E-state index in [1.54, 1.807) is 18.2 Å². The van der Waals surface area contributed by atoms with Crippen LogP contribution >= 0.6 is 15.9 Å². The van der Waals surface area contributed by atoms with Gasteiger partial charge in [0, 0.05) is 28.5 Å². The summed E-state index contributed by atoms with van der Waals surface area (Å²) in [7, 11) is -3.93. The number of carbonyl (C=O) groups excluding carboxylic acids is 1. The highest BCUT2D eigenvalue weighted by molar-refractivity contribution is 9.10. The van der Waals surface area contributed by atoms with Crippen LogP contribution in [0.15, 0.2) is 51.8 Å². The third-order valence-electron chi connectivity index (χ3n) is 5.91. The molecule has 1 fully saturated rings. The number of piperidine rings is 1. The molecule has 3 N–H and O–H groups in total. The van der Waals surface area contributed by atoms with Crippen LogP contribution in [0, 0.1) is 5.92 Å². The smallest absolute Gasteiger partial charge is 0.266 e. The Kier molecular flexibility index (Phi) is 6.81. The number of aromatic nitrogens is 1. The van der Waals surface area contributed by atoms with Gasteiger partial charge in [-0.3, -0.25) is 4.79 Å². The lowest BCUT2D eigenvalue weighted by Gasteiger charge is -2.32. The van der Waals surface area contributed by atoms with Gasteiger partial charge in [-0.2, -0.15) is 4.31 Å². The average Bonchev–Trinajstić information content (AvgIpc) is 3.14. The van der Waals surface area contributed by atoms with E-state index in [9.17, 15) is 13.2 Å². The lowest BCUT2D eigenvalue weighted by Crippen LogP contribution is -2.41. The highest BCUT2D eigenvalue weighted by Crippen LogP contribution is 2.34. The van der Waals surface area contributed by atoms with Crippen molar-refractivity contribution < 1.29 is 17.9 Å². The number of sulfonamides is 1. The van der Waals surface area contributed by atoms with E-state index in [0.717, 1.165) is 35.0 Å². The molecule has 0 saturated carbocycles. The summed E-state index contributed by atoms with van der Waals surface area (Å²) in [4.78, 5) is 15.0. The van der Waals surface area contributed by atoms with Crippen LogP contribution in [0.5, 0.6) is 5.75 Å². The van der Waals surface area contributed by atoms with Crippen molar-refractivity contribution >= 4 is 42.8 Å². The Labute approximate surface area is 208 Å². The van der Waals surface area contributed by atoms with Crippen LogP contribution in [0.2, 0.25) is 0 Å². The predicted octanol–water partition coefficient (Wildman–Crippen LogP) is 4.85. The Morgan fingerprint density at radius 3 is 2.56 bits per heavy atom. The van der Waals surface area contributed by atoms with Gasteiger partial charge in [0.2, 0.25) is 10.0 Å². The highest BCUT2D eigenvalue weighted by atomic mass is 79.9. The second-order valence-electron chi connectivity index (χ2n) is 9.82. The summed E-state index contributed by atoms with van der Waals surface area (Å²) in [5, 5.41) is 0.458. The highest BCUT2D eigenvalue weighted by Gasteiger charge is 2.35. The zero-order chi connectivity index (χ0) is 24.7. The van der Waals surface area contributed by atoms with Gasteiger partial charge in [-0.15, -0.1) is 0 Å². The molecule has 0 spiro atoms. The molecule has 3 aromatic rings. The normalized spacial score (nSPS) is 17.7. The third-order valence-corrected chi connectivity index (χ3v) is 8.36. The van der Waals surface area contributed by atoms with Crippen LogP contribution in [0.3, 0.4) is 0 Å². The summed E-state index contributed by atoms with van der Waals surface area (Å²) in [6, 6.07) is 13.2. The van der Waals surface area contributed by atoms with Crippen molar-refractivity contribution in [2.75, 3.05) is 13.1 Å². The molecule has 1 saturated heterocycles. The van der Waals surface area contributed by atoms with Crippen LogP contribution in [0.4, 0.5) is 0 Å². The number of carbonyl (C=O) groups is 1. The molecular weight excluding hydrogens is 518 g/mol. The van der Waals surface area contributed by atoms with Crippen LogP contribution in [0.1, 0.15) is 49.7 Å². The van der Waals surface area contributed by atoms with Gasteiger partial charge in [0.05, 0.1) is 0 Å². The van der Waals surface area contributed by atoms with Crippen LogP contribution < -0.4 is 10.5 Å². The van der Waals surface area contributed by atoms with E-state index in [-0.39, 0.29) is 22.1 Å². The number of hydrogen-bond donors (Lipinski definition) is 2. The first-order valence-electron chi connectivity index (χ1n) is 11.3. The SMILES string of the molecule is CC(C)(C)Oc1ccc(CC2CCCN(S(=O)(=O)c3c(C(N)=O)[nH]c4ccc(Br)cc34)C2)cc1. The Morgan fingerprint density at radius 2 is 1.91 bits per heavy atom. The summed E-state index contributed by atoms with van der Waals surface area (Å²) >= 11 is 3.40. The molecular formula is C25H30BrN3O4S. The zero-order valence-electron chi connectivity index (χ0n) is 19.6. The standard InChI is InChI=1S/C25H30BrN3O4S/c1-25(2,3)33-19-9-6-16(7-10-19)13-17-5-4-12-29(15-17)34(31,32)23-20-14-18(26)8-11-21(20)28-22(23)24(27)30/h6-11,14,17,28H,4-5,12-13,15H2,1-3H3,(H2,27,30). The number of rotatable bonds is 6. The molecule has 0 aliphatic carbocycles. The summed E-state index contributed by atoms with van der Waals surface area (Å²) in [6.45, 7) is 6.83. The third kappa shape index (κ3) is 5.31.